The highest BCUT2D eigenvalue weighted by atomic mass is 32.2. The molecule has 0 radical (unpaired) electrons. The van der Waals surface area contributed by atoms with Crippen LogP contribution in [0, 0.1) is 11.7 Å². The molecule has 1 aliphatic rings. The van der Waals surface area contributed by atoms with Crippen molar-refractivity contribution in [2.24, 2.45) is 13.0 Å². The van der Waals surface area contributed by atoms with E-state index in [-0.39, 0.29) is 18.1 Å². The van der Waals surface area contributed by atoms with E-state index in [1.54, 1.807) is 7.05 Å². The molecule has 0 amide bonds. The Bertz CT molecular complexity index is 863. The van der Waals surface area contributed by atoms with Gasteiger partial charge in [0.15, 0.2) is 5.03 Å². The Morgan fingerprint density at radius 2 is 1.96 bits per heavy atom. The molecule has 0 bridgehead atoms. The molecule has 3 rings (SSSR count). The minimum atomic E-state index is -3.87. The summed E-state index contributed by atoms with van der Waals surface area (Å²) in [4.78, 5) is 15.4. The number of rotatable bonds is 4. The van der Waals surface area contributed by atoms with Crippen molar-refractivity contribution in [3.8, 4) is 0 Å². The zero-order chi connectivity index (χ0) is 17.5. The van der Waals surface area contributed by atoms with Gasteiger partial charge in [-0.2, -0.15) is 4.31 Å². The van der Waals surface area contributed by atoms with Gasteiger partial charge in [0.2, 0.25) is 0 Å². The van der Waals surface area contributed by atoms with Gasteiger partial charge in [0.25, 0.3) is 10.0 Å². The number of hydrogen-bond acceptors (Lipinski definition) is 4. The maximum Gasteiger partial charge on any atom is 0.308 e. The molecule has 128 valence electrons. The number of aliphatic carboxylic acids is 1. The van der Waals surface area contributed by atoms with Gasteiger partial charge in [-0.25, -0.2) is 17.8 Å². The van der Waals surface area contributed by atoms with Crippen molar-refractivity contribution in [2.45, 2.75) is 10.9 Å². The third-order valence-corrected chi connectivity index (χ3v) is 5.90. The molecule has 1 aromatic heterocycles. The number of sulfonamides is 1. The van der Waals surface area contributed by atoms with Crippen molar-refractivity contribution in [2.75, 3.05) is 13.1 Å². The lowest BCUT2D eigenvalue weighted by Crippen LogP contribution is -2.30. The van der Waals surface area contributed by atoms with Gasteiger partial charge in [-0.3, -0.25) is 4.79 Å². The third-order valence-electron chi connectivity index (χ3n) is 4.19. The monoisotopic (exact) mass is 353 g/mol. The van der Waals surface area contributed by atoms with Crippen molar-refractivity contribution in [3.05, 3.63) is 48.2 Å². The van der Waals surface area contributed by atoms with E-state index in [0.29, 0.717) is 5.56 Å². The van der Waals surface area contributed by atoms with E-state index >= 15 is 0 Å². The van der Waals surface area contributed by atoms with Crippen LogP contribution in [0.4, 0.5) is 4.39 Å². The van der Waals surface area contributed by atoms with Crippen LogP contribution in [-0.4, -0.2) is 46.4 Å². The fourth-order valence-electron chi connectivity index (χ4n) is 2.92. The fraction of sp³-hybridized carbons (Fsp3) is 0.333. The average molecular weight is 353 g/mol. The van der Waals surface area contributed by atoms with Crippen LogP contribution in [0.15, 0.2) is 41.8 Å². The Morgan fingerprint density at radius 1 is 1.29 bits per heavy atom. The van der Waals surface area contributed by atoms with Crippen molar-refractivity contribution in [3.63, 3.8) is 0 Å². The van der Waals surface area contributed by atoms with Gasteiger partial charge >= 0.3 is 5.97 Å². The predicted octanol–water partition coefficient (Wildman–Crippen LogP) is 1.05. The standard InChI is InChI=1S/C15H16FN3O4S/c1-18-8-14(17-9-18)24(22,23)19-6-12(13(7-19)15(20)21)10-2-4-11(16)5-3-10/h2-5,8-9,12-13H,6-7H2,1H3,(H,20,21)/t12-,13+/m0/s1. The first kappa shape index (κ1) is 16.6. The number of halogens is 1. The molecular weight excluding hydrogens is 337 g/mol. The second-order valence-corrected chi connectivity index (χ2v) is 7.69. The van der Waals surface area contributed by atoms with E-state index in [1.165, 1.54) is 41.4 Å². The number of nitrogens with zero attached hydrogens (tertiary/aromatic N) is 3. The normalized spacial score (nSPS) is 21.9. The molecule has 0 unspecified atom stereocenters. The molecule has 0 spiro atoms. The molecule has 24 heavy (non-hydrogen) atoms. The van der Waals surface area contributed by atoms with Gasteiger partial charge in [0.05, 0.1) is 12.2 Å². The second-order valence-electron chi connectivity index (χ2n) is 5.80. The zero-order valence-electron chi connectivity index (χ0n) is 12.8. The van der Waals surface area contributed by atoms with Crippen molar-refractivity contribution in [1.29, 1.82) is 0 Å². The Labute approximate surface area is 138 Å². The van der Waals surface area contributed by atoms with Crippen molar-refractivity contribution in [1.82, 2.24) is 13.9 Å². The summed E-state index contributed by atoms with van der Waals surface area (Å²) >= 11 is 0. The molecule has 0 aliphatic carbocycles. The van der Waals surface area contributed by atoms with Crippen LogP contribution in [0.25, 0.3) is 0 Å². The quantitative estimate of drug-likeness (QED) is 0.887. The van der Waals surface area contributed by atoms with Crippen LogP contribution in [0.3, 0.4) is 0 Å². The third kappa shape index (κ3) is 2.92. The summed E-state index contributed by atoms with van der Waals surface area (Å²) in [6.45, 7) is -0.127. The first-order valence-corrected chi connectivity index (χ1v) is 8.69. The van der Waals surface area contributed by atoms with Gasteiger partial charge in [-0.1, -0.05) is 12.1 Å². The number of benzene rings is 1. The summed E-state index contributed by atoms with van der Waals surface area (Å²) in [5.41, 5.74) is 0.600. The van der Waals surface area contributed by atoms with Gasteiger partial charge in [0.1, 0.15) is 5.82 Å². The molecule has 9 heteroatoms. The van der Waals surface area contributed by atoms with Crippen LogP contribution >= 0.6 is 0 Å². The summed E-state index contributed by atoms with van der Waals surface area (Å²) in [7, 11) is -2.22. The van der Waals surface area contributed by atoms with Gasteiger partial charge < -0.3 is 9.67 Å². The fourth-order valence-corrected chi connectivity index (χ4v) is 4.37. The number of imidazole rings is 1. The average Bonchev–Trinajstić information content (AvgIpc) is 3.15. The van der Waals surface area contributed by atoms with E-state index in [2.05, 4.69) is 4.98 Å². The largest absolute Gasteiger partial charge is 0.481 e. The second kappa shape index (κ2) is 5.99. The van der Waals surface area contributed by atoms with Gasteiger partial charge in [-0.15, -0.1) is 0 Å². The number of carboxylic acid groups (broad SMARTS) is 1. The number of hydrogen-bond donors (Lipinski definition) is 1. The maximum atomic E-state index is 13.1. The molecule has 7 nitrogen and oxygen atoms in total. The Kier molecular flexibility index (Phi) is 4.14. The lowest BCUT2D eigenvalue weighted by molar-refractivity contribution is -0.141. The van der Waals surface area contributed by atoms with Crippen LogP contribution in [0.2, 0.25) is 0 Å². The predicted molar refractivity (Wildman–Crippen MR) is 82.2 cm³/mol. The van der Waals surface area contributed by atoms with Crippen molar-refractivity contribution < 1.29 is 22.7 Å². The minimum Gasteiger partial charge on any atom is -0.481 e. The Morgan fingerprint density at radius 3 is 2.50 bits per heavy atom. The Hall–Kier alpha value is -2.26. The van der Waals surface area contributed by atoms with Crippen LogP contribution < -0.4 is 0 Å². The number of carboxylic acids is 1. The molecule has 2 atom stereocenters. The lowest BCUT2D eigenvalue weighted by Gasteiger charge is -2.15. The van der Waals surface area contributed by atoms with Crippen LogP contribution in [0.5, 0.6) is 0 Å². The first-order valence-electron chi connectivity index (χ1n) is 7.25. The molecular formula is C15H16FN3O4S. The SMILES string of the molecule is Cn1cnc(S(=O)(=O)N2C[C@@H](C(=O)O)[C@H](c3ccc(F)cc3)C2)c1. The molecule has 2 aromatic rings. The molecule has 0 saturated carbocycles. The van der Waals surface area contributed by atoms with Gasteiger partial charge in [0, 0.05) is 32.3 Å². The minimum absolute atomic E-state index is 0.0154. The summed E-state index contributed by atoms with van der Waals surface area (Å²) in [5.74, 6) is -2.94. The summed E-state index contributed by atoms with van der Waals surface area (Å²) in [5, 5.41) is 9.33. The van der Waals surface area contributed by atoms with E-state index in [4.69, 9.17) is 0 Å². The van der Waals surface area contributed by atoms with Gasteiger partial charge in [-0.05, 0) is 17.7 Å². The Balaban J connectivity index is 1.93. The smallest absolute Gasteiger partial charge is 0.308 e. The molecule has 1 aromatic carbocycles. The maximum absolute atomic E-state index is 13.1. The van der Waals surface area contributed by atoms with E-state index < -0.39 is 33.6 Å². The number of carbonyl (C=O) groups is 1. The first-order chi connectivity index (χ1) is 11.3. The highest BCUT2D eigenvalue weighted by Crippen LogP contribution is 2.35. The molecule has 1 saturated heterocycles. The topological polar surface area (TPSA) is 92.5 Å². The summed E-state index contributed by atoms with van der Waals surface area (Å²) in [6, 6.07) is 5.47. The van der Waals surface area contributed by atoms with E-state index in [0.717, 1.165) is 4.31 Å². The van der Waals surface area contributed by atoms with E-state index in [1.807, 2.05) is 0 Å². The molecule has 1 fully saturated rings. The number of aryl methyl sites for hydroxylation is 1. The van der Waals surface area contributed by atoms with E-state index in [9.17, 15) is 22.7 Å². The highest BCUT2D eigenvalue weighted by molar-refractivity contribution is 7.89. The summed E-state index contributed by atoms with van der Waals surface area (Å²) in [6.07, 6.45) is 2.74. The summed E-state index contributed by atoms with van der Waals surface area (Å²) < 4.78 is 41.0. The highest BCUT2D eigenvalue weighted by Gasteiger charge is 2.44. The molecule has 2 heterocycles. The zero-order valence-corrected chi connectivity index (χ0v) is 13.6. The lowest BCUT2D eigenvalue weighted by atomic mass is 9.89. The molecule has 1 N–H and O–H groups in total. The number of aromatic nitrogens is 2. The van der Waals surface area contributed by atoms with Crippen molar-refractivity contribution >= 4 is 16.0 Å². The van der Waals surface area contributed by atoms with Crippen LogP contribution in [-0.2, 0) is 21.9 Å². The van der Waals surface area contributed by atoms with Crippen LogP contribution in [0.1, 0.15) is 11.5 Å². The molecule has 1 aliphatic heterocycles.